The van der Waals surface area contributed by atoms with E-state index in [1.54, 1.807) is 35.2 Å². The quantitative estimate of drug-likeness (QED) is 0.818. The van der Waals surface area contributed by atoms with Crippen molar-refractivity contribution in [1.29, 1.82) is 5.26 Å². The summed E-state index contributed by atoms with van der Waals surface area (Å²) in [6.07, 6.45) is 1.94. The summed E-state index contributed by atoms with van der Waals surface area (Å²) < 4.78 is 5.51. The van der Waals surface area contributed by atoms with Crippen LogP contribution in [-0.4, -0.2) is 59.1 Å². The Morgan fingerprint density at radius 2 is 2.11 bits per heavy atom. The zero-order chi connectivity index (χ0) is 19.0. The van der Waals surface area contributed by atoms with Crippen molar-refractivity contribution in [2.24, 2.45) is 0 Å². The number of nitrogens with zero attached hydrogens (tertiary/aromatic N) is 4. The third kappa shape index (κ3) is 3.10. The van der Waals surface area contributed by atoms with Gasteiger partial charge in [0.15, 0.2) is 5.60 Å². The van der Waals surface area contributed by atoms with Crippen LogP contribution in [0, 0.1) is 11.3 Å². The van der Waals surface area contributed by atoms with E-state index in [0.717, 1.165) is 11.1 Å². The Balaban J connectivity index is 1.53. The van der Waals surface area contributed by atoms with E-state index in [2.05, 4.69) is 4.98 Å². The molecular weight excluding hydrogens is 344 g/mol. The lowest BCUT2D eigenvalue weighted by Gasteiger charge is -2.22. The average Bonchev–Trinajstić information content (AvgIpc) is 3.23. The van der Waals surface area contributed by atoms with Crippen LogP contribution in [0.2, 0.25) is 0 Å². The topological polar surface area (TPSA) is 86.5 Å². The number of amides is 2. The van der Waals surface area contributed by atoms with Crippen molar-refractivity contribution in [2.75, 3.05) is 26.7 Å². The number of carbonyl (C=O) groups is 2. The third-order valence-corrected chi connectivity index (χ3v) is 5.07. The Morgan fingerprint density at radius 1 is 1.26 bits per heavy atom. The molecule has 0 N–H and O–H groups in total. The number of benzene rings is 1. The van der Waals surface area contributed by atoms with E-state index in [4.69, 9.17) is 10.00 Å². The zero-order valence-electron chi connectivity index (χ0n) is 14.9. The first-order chi connectivity index (χ1) is 13.0. The van der Waals surface area contributed by atoms with Gasteiger partial charge in [-0.15, -0.1) is 0 Å². The first-order valence-corrected chi connectivity index (χ1v) is 8.70. The van der Waals surface area contributed by atoms with Gasteiger partial charge >= 0.3 is 6.09 Å². The molecule has 0 aliphatic carbocycles. The molecule has 27 heavy (non-hydrogen) atoms. The van der Waals surface area contributed by atoms with Gasteiger partial charge in [-0.3, -0.25) is 4.79 Å². The molecule has 0 radical (unpaired) electrons. The summed E-state index contributed by atoms with van der Waals surface area (Å²) in [6.45, 7) is 1.47. The minimum absolute atomic E-state index is 0.0825. The number of carbonyl (C=O) groups excluding carboxylic acids is 2. The van der Waals surface area contributed by atoms with Gasteiger partial charge in [0.25, 0.3) is 5.91 Å². The predicted molar refractivity (Wildman–Crippen MR) is 96.8 cm³/mol. The highest BCUT2D eigenvalue weighted by Crippen LogP contribution is 2.32. The number of likely N-dealkylation sites (N-methyl/N-ethyl adjacent to an activating group) is 1. The van der Waals surface area contributed by atoms with Gasteiger partial charge in [0.05, 0.1) is 13.1 Å². The van der Waals surface area contributed by atoms with Crippen molar-refractivity contribution in [2.45, 2.75) is 12.0 Å². The van der Waals surface area contributed by atoms with Gasteiger partial charge in [-0.1, -0.05) is 12.1 Å². The van der Waals surface area contributed by atoms with Crippen LogP contribution < -0.4 is 0 Å². The Morgan fingerprint density at radius 3 is 2.78 bits per heavy atom. The van der Waals surface area contributed by atoms with E-state index in [1.807, 2.05) is 30.3 Å². The summed E-state index contributed by atoms with van der Waals surface area (Å²) in [5, 5.41) is 8.86. The maximum Gasteiger partial charge on any atom is 0.410 e. The monoisotopic (exact) mass is 362 g/mol. The lowest BCUT2D eigenvalue weighted by atomic mass is 10.0. The number of rotatable bonds is 2. The van der Waals surface area contributed by atoms with Crippen LogP contribution in [0.3, 0.4) is 0 Å². The van der Waals surface area contributed by atoms with Gasteiger partial charge < -0.3 is 14.5 Å². The van der Waals surface area contributed by atoms with E-state index >= 15 is 0 Å². The minimum atomic E-state index is -0.587. The highest BCUT2D eigenvalue weighted by molar-refractivity contribution is 5.95. The molecule has 2 fully saturated rings. The summed E-state index contributed by atoms with van der Waals surface area (Å²) in [5.41, 5.74) is 2.04. The second-order valence-electron chi connectivity index (χ2n) is 7.01. The standard InChI is InChI=1S/C20H18N4O3/c1-23-12-20(27-19(23)26)7-8-24(13-20)18(25)15-4-2-3-14(9-15)16-5-6-17(10-21)22-11-16/h2-6,9,11H,7-8,12-13H2,1H3/t20-/m0/s1. The maximum absolute atomic E-state index is 12.9. The van der Waals surface area contributed by atoms with Crippen molar-refractivity contribution in [3.63, 3.8) is 0 Å². The number of likely N-dealkylation sites (tertiary alicyclic amines) is 1. The van der Waals surface area contributed by atoms with Gasteiger partial charge in [-0.2, -0.15) is 5.26 Å². The fourth-order valence-corrected chi connectivity index (χ4v) is 3.67. The molecule has 2 aromatic rings. The largest absolute Gasteiger partial charge is 0.439 e. The van der Waals surface area contributed by atoms with Gasteiger partial charge in [0.2, 0.25) is 0 Å². The normalized spacial score (nSPS) is 21.4. The van der Waals surface area contributed by atoms with Crippen molar-refractivity contribution < 1.29 is 14.3 Å². The molecule has 2 amide bonds. The molecule has 2 aliphatic heterocycles. The number of hydrogen-bond donors (Lipinski definition) is 0. The number of aromatic nitrogens is 1. The van der Waals surface area contributed by atoms with E-state index in [9.17, 15) is 9.59 Å². The van der Waals surface area contributed by atoms with Gasteiger partial charge in [0.1, 0.15) is 11.8 Å². The van der Waals surface area contributed by atoms with Crippen molar-refractivity contribution >= 4 is 12.0 Å². The molecular formula is C20H18N4O3. The fourth-order valence-electron chi connectivity index (χ4n) is 3.67. The number of hydrogen-bond acceptors (Lipinski definition) is 5. The molecule has 4 rings (SSSR count). The zero-order valence-corrected chi connectivity index (χ0v) is 14.9. The predicted octanol–water partition coefficient (Wildman–Crippen LogP) is 2.29. The summed E-state index contributed by atoms with van der Waals surface area (Å²) in [4.78, 5) is 32.0. The molecule has 7 nitrogen and oxygen atoms in total. The molecule has 1 spiro atoms. The highest BCUT2D eigenvalue weighted by Gasteiger charge is 2.49. The Bertz CT molecular complexity index is 950. The van der Waals surface area contributed by atoms with Gasteiger partial charge in [-0.05, 0) is 29.8 Å². The van der Waals surface area contributed by atoms with Gasteiger partial charge in [-0.25, -0.2) is 9.78 Å². The van der Waals surface area contributed by atoms with E-state index in [0.29, 0.717) is 37.3 Å². The second kappa shape index (κ2) is 6.40. The molecule has 1 aromatic carbocycles. The fraction of sp³-hybridized carbons (Fsp3) is 0.300. The Kier molecular flexibility index (Phi) is 4.04. The summed E-state index contributed by atoms with van der Waals surface area (Å²) in [7, 11) is 1.71. The van der Waals surface area contributed by atoms with Crippen LogP contribution in [-0.2, 0) is 4.74 Å². The number of nitriles is 1. The molecule has 2 aliphatic rings. The Hall–Kier alpha value is -3.40. The highest BCUT2D eigenvalue weighted by atomic mass is 16.6. The number of pyridine rings is 1. The van der Waals surface area contributed by atoms with Gasteiger partial charge in [0, 0.05) is 37.3 Å². The van der Waals surface area contributed by atoms with Crippen molar-refractivity contribution in [1.82, 2.24) is 14.8 Å². The van der Waals surface area contributed by atoms with Crippen LogP contribution in [0.4, 0.5) is 4.79 Å². The van der Waals surface area contributed by atoms with E-state index in [1.165, 1.54) is 0 Å². The average molecular weight is 362 g/mol. The molecule has 136 valence electrons. The van der Waals surface area contributed by atoms with Crippen molar-refractivity contribution in [3.05, 3.63) is 53.9 Å². The van der Waals surface area contributed by atoms with Crippen LogP contribution >= 0.6 is 0 Å². The van der Waals surface area contributed by atoms with Crippen LogP contribution in [0.1, 0.15) is 22.5 Å². The van der Waals surface area contributed by atoms with E-state index in [-0.39, 0.29) is 12.0 Å². The first-order valence-electron chi connectivity index (χ1n) is 8.70. The summed E-state index contributed by atoms with van der Waals surface area (Å²) in [5.74, 6) is -0.0825. The molecule has 3 heterocycles. The summed E-state index contributed by atoms with van der Waals surface area (Å²) in [6, 6.07) is 12.8. The molecule has 7 heteroatoms. The molecule has 2 saturated heterocycles. The smallest absolute Gasteiger partial charge is 0.410 e. The van der Waals surface area contributed by atoms with Crippen LogP contribution in [0.25, 0.3) is 11.1 Å². The molecule has 0 bridgehead atoms. The second-order valence-corrected chi connectivity index (χ2v) is 7.01. The lowest BCUT2D eigenvalue weighted by molar-refractivity contribution is 0.0553. The molecule has 1 aromatic heterocycles. The maximum atomic E-state index is 12.9. The number of ether oxygens (including phenoxy) is 1. The van der Waals surface area contributed by atoms with Crippen LogP contribution in [0.15, 0.2) is 42.6 Å². The van der Waals surface area contributed by atoms with Crippen LogP contribution in [0.5, 0.6) is 0 Å². The lowest BCUT2D eigenvalue weighted by Crippen LogP contribution is -2.39. The minimum Gasteiger partial charge on any atom is -0.439 e. The van der Waals surface area contributed by atoms with E-state index < -0.39 is 5.60 Å². The molecule has 0 saturated carbocycles. The van der Waals surface area contributed by atoms with Crippen molar-refractivity contribution in [3.8, 4) is 17.2 Å². The summed E-state index contributed by atoms with van der Waals surface area (Å²) >= 11 is 0. The Labute approximate surface area is 156 Å². The third-order valence-electron chi connectivity index (χ3n) is 5.07. The molecule has 0 unspecified atom stereocenters. The molecule has 1 atom stereocenters. The first kappa shape index (κ1) is 17.0. The SMILES string of the molecule is CN1C[C@]2(CCN(C(=O)c3cccc(-c4ccc(C#N)nc4)c3)C2)OC1=O.